The van der Waals surface area contributed by atoms with E-state index in [1.165, 1.54) is 0 Å². The van der Waals surface area contributed by atoms with Crippen molar-refractivity contribution in [2.24, 2.45) is 0 Å². The molecule has 0 unspecified atom stereocenters. The standard InChI is InChI=1S/C7H4F4O2S/c8-4-1-5(9)3-6(2-4)14(12,13)7(10)11/h1-3,7H. The van der Waals surface area contributed by atoms with E-state index in [2.05, 4.69) is 0 Å². The fraction of sp³-hybridized carbons (Fsp3) is 0.143. The van der Waals surface area contributed by atoms with Gasteiger partial charge in [-0.3, -0.25) is 0 Å². The van der Waals surface area contributed by atoms with Gasteiger partial charge in [0.05, 0.1) is 4.90 Å². The van der Waals surface area contributed by atoms with Gasteiger partial charge in [0.15, 0.2) is 0 Å². The first kappa shape index (κ1) is 11.0. The largest absolute Gasteiger partial charge is 0.341 e. The predicted octanol–water partition coefficient (Wildman–Crippen LogP) is 1.96. The van der Waals surface area contributed by atoms with Gasteiger partial charge >= 0.3 is 5.76 Å². The van der Waals surface area contributed by atoms with Crippen LogP contribution in [0.5, 0.6) is 0 Å². The first-order valence-corrected chi connectivity index (χ1v) is 4.87. The summed E-state index contributed by atoms with van der Waals surface area (Å²) in [6, 6.07) is 1.07. The molecule has 1 aromatic carbocycles. The Morgan fingerprint density at radius 1 is 1.00 bits per heavy atom. The summed E-state index contributed by atoms with van der Waals surface area (Å²) in [4.78, 5) is -1.06. The molecule has 0 aliphatic carbocycles. The normalized spacial score (nSPS) is 12.1. The quantitative estimate of drug-likeness (QED) is 0.725. The molecule has 0 spiro atoms. The smallest absolute Gasteiger partial charge is 0.218 e. The van der Waals surface area contributed by atoms with Gasteiger partial charge in [0, 0.05) is 6.07 Å². The van der Waals surface area contributed by atoms with Crippen molar-refractivity contribution in [1.29, 1.82) is 0 Å². The maximum atomic E-state index is 12.5. The van der Waals surface area contributed by atoms with Crippen LogP contribution >= 0.6 is 0 Å². The maximum Gasteiger partial charge on any atom is 0.341 e. The molecular weight excluding hydrogens is 224 g/mol. The van der Waals surface area contributed by atoms with Gasteiger partial charge in [-0.25, -0.2) is 17.2 Å². The summed E-state index contributed by atoms with van der Waals surface area (Å²) in [5, 5.41) is 0. The highest BCUT2D eigenvalue weighted by Gasteiger charge is 2.27. The van der Waals surface area contributed by atoms with Crippen molar-refractivity contribution in [3.8, 4) is 0 Å². The van der Waals surface area contributed by atoms with E-state index in [-0.39, 0.29) is 0 Å². The zero-order valence-electron chi connectivity index (χ0n) is 6.55. The molecule has 0 atom stereocenters. The summed E-state index contributed by atoms with van der Waals surface area (Å²) in [6.45, 7) is 0. The maximum absolute atomic E-state index is 12.5. The number of halogens is 4. The second-order valence-corrected chi connectivity index (χ2v) is 4.33. The van der Waals surface area contributed by atoms with E-state index in [0.717, 1.165) is 0 Å². The van der Waals surface area contributed by atoms with Crippen molar-refractivity contribution in [2.45, 2.75) is 10.7 Å². The molecule has 0 radical (unpaired) electrons. The van der Waals surface area contributed by atoms with Crippen LogP contribution in [0.1, 0.15) is 0 Å². The molecule has 7 heteroatoms. The number of benzene rings is 1. The van der Waals surface area contributed by atoms with Gasteiger partial charge in [0.2, 0.25) is 9.84 Å². The van der Waals surface area contributed by atoms with Gasteiger partial charge in [-0.1, -0.05) is 0 Å². The minimum Gasteiger partial charge on any atom is -0.218 e. The summed E-state index contributed by atoms with van der Waals surface area (Å²) in [7, 11) is -4.94. The van der Waals surface area contributed by atoms with Crippen LogP contribution in [0.25, 0.3) is 0 Å². The fourth-order valence-electron chi connectivity index (χ4n) is 0.796. The third-order valence-corrected chi connectivity index (χ3v) is 2.76. The highest BCUT2D eigenvalue weighted by molar-refractivity contribution is 7.91. The molecule has 0 saturated carbocycles. The summed E-state index contributed by atoms with van der Waals surface area (Å²) < 4.78 is 70.3. The van der Waals surface area contributed by atoms with Crippen LogP contribution in [-0.4, -0.2) is 14.2 Å². The minimum atomic E-state index is -4.94. The summed E-state index contributed by atoms with van der Waals surface area (Å²) in [5.41, 5.74) is 0. The lowest BCUT2D eigenvalue weighted by molar-refractivity contribution is 0.234. The Kier molecular flexibility index (Phi) is 2.79. The van der Waals surface area contributed by atoms with Crippen molar-refractivity contribution in [3.63, 3.8) is 0 Å². The number of alkyl halides is 2. The molecule has 0 aliphatic heterocycles. The van der Waals surface area contributed by atoms with Crippen molar-refractivity contribution in [3.05, 3.63) is 29.8 Å². The Bertz CT molecular complexity index is 421. The first-order chi connectivity index (χ1) is 6.34. The van der Waals surface area contributed by atoms with Crippen LogP contribution in [-0.2, 0) is 9.84 Å². The summed E-state index contributed by atoms with van der Waals surface area (Å²) in [6.07, 6.45) is 0. The van der Waals surface area contributed by atoms with E-state index in [1.54, 1.807) is 0 Å². The van der Waals surface area contributed by atoms with Crippen LogP contribution < -0.4 is 0 Å². The second-order valence-electron chi connectivity index (χ2n) is 2.41. The van der Waals surface area contributed by atoms with Gasteiger partial charge < -0.3 is 0 Å². The Morgan fingerprint density at radius 2 is 1.43 bits per heavy atom. The van der Waals surface area contributed by atoms with Gasteiger partial charge in [-0.2, -0.15) is 8.78 Å². The van der Waals surface area contributed by atoms with Crippen molar-refractivity contribution < 1.29 is 26.0 Å². The van der Waals surface area contributed by atoms with Gasteiger partial charge in [0.1, 0.15) is 11.6 Å². The zero-order valence-corrected chi connectivity index (χ0v) is 7.36. The molecule has 1 aromatic rings. The Morgan fingerprint density at radius 3 is 1.79 bits per heavy atom. The average molecular weight is 228 g/mol. The topological polar surface area (TPSA) is 34.1 Å². The Hall–Kier alpha value is -1.11. The Labute approximate surface area is 77.1 Å². The zero-order chi connectivity index (χ0) is 10.9. The van der Waals surface area contributed by atoms with E-state index in [0.29, 0.717) is 18.2 Å². The first-order valence-electron chi connectivity index (χ1n) is 3.32. The van der Waals surface area contributed by atoms with E-state index in [4.69, 9.17) is 0 Å². The van der Waals surface area contributed by atoms with Crippen molar-refractivity contribution in [1.82, 2.24) is 0 Å². The molecule has 14 heavy (non-hydrogen) atoms. The molecule has 1 rings (SSSR count). The van der Waals surface area contributed by atoms with Crippen molar-refractivity contribution >= 4 is 9.84 Å². The molecule has 0 saturated heterocycles. The lowest BCUT2D eigenvalue weighted by atomic mass is 10.3. The third-order valence-electron chi connectivity index (χ3n) is 1.40. The van der Waals surface area contributed by atoms with Crippen LogP contribution in [0.4, 0.5) is 17.6 Å². The van der Waals surface area contributed by atoms with E-state index >= 15 is 0 Å². The molecule has 0 fully saturated rings. The van der Waals surface area contributed by atoms with Gasteiger partial charge in [0.25, 0.3) is 0 Å². The molecule has 0 N–H and O–H groups in total. The van der Waals surface area contributed by atoms with E-state index in [1.807, 2.05) is 0 Å². The predicted molar refractivity (Wildman–Crippen MR) is 39.5 cm³/mol. The van der Waals surface area contributed by atoms with Crippen LogP contribution in [0.3, 0.4) is 0 Å². The fourth-order valence-corrected chi connectivity index (χ4v) is 1.56. The second kappa shape index (κ2) is 3.56. The molecule has 0 aliphatic rings. The molecule has 2 nitrogen and oxygen atoms in total. The number of sulfone groups is 1. The van der Waals surface area contributed by atoms with Crippen molar-refractivity contribution in [2.75, 3.05) is 0 Å². The number of hydrogen-bond acceptors (Lipinski definition) is 2. The van der Waals surface area contributed by atoms with Crippen LogP contribution in [0.2, 0.25) is 0 Å². The van der Waals surface area contributed by atoms with Gasteiger partial charge in [-0.05, 0) is 12.1 Å². The molecule has 78 valence electrons. The van der Waals surface area contributed by atoms with E-state index in [9.17, 15) is 26.0 Å². The SMILES string of the molecule is O=S(=O)(c1cc(F)cc(F)c1)C(F)F. The van der Waals surface area contributed by atoms with E-state index < -0.39 is 32.1 Å². The third kappa shape index (κ3) is 2.03. The molecule has 0 heterocycles. The van der Waals surface area contributed by atoms with Crippen LogP contribution in [0.15, 0.2) is 23.1 Å². The number of hydrogen-bond donors (Lipinski definition) is 0. The van der Waals surface area contributed by atoms with Crippen LogP contribution in [0, 0.1) is 11.6 Å². The lowest BCUT2D eigenvalue weighted by Crippen LogP contribution is -2.11. The lowest BCUT2D eigenvalue weighted by Gasteiger charge is -2.02. The monoisotopic (exact) mass is 228 g/mol. The molecule has 0 aromatic heterocycles. The summed E-state index contributed by atoms with van der Waals surface area (Å²) in [5.74, 6) is -6.13. The Balaban J connectivity index is 3.34. The average Bonchev–Trinajstić information content (AvgIpc) is 2.01. The molecular formula is C7H4F4O2S. The summed E-state index contributed by atoms with van der Waals surface area (Å²) >= 11 is 0. The molecule has 0 bridgehead atoms. The number of rotatable bonds is 2. The molecule has 0 amide bonds. The minimum absolute atomic E-state index is 0.338. The van der Waals surface area contributed by atoms with Gasteiger partial charge in [-0.15, -0.1) is 0 Å². The highest BCUT2D eigenvalue weighted by atomic mass is 32.2. The highest BCUT2D eigenvalue weighted by Crippen LogP contribution is 2.20.